The molecule has 2 rings (SSSR count). The molecule has 1 N–H and O–H groups in total. The number of benzene rings is 1. The Morgan fingerprint density at radius 3 is 2.71 bits per heavy atom. The summed E-state index contributed by atoms with van der Waals surface area (Å²) in [6.07, 6.45) is 3.46. The summed E-state index contributed by atoms with van der Waals surface area (Å²) in [6.45, 7) is 6.11. The molecule has 118 valence electrons. The second-order valence-electron chi connectivity index (χ2n) is 5.74. The van der Waals surface area contributed by atoms with Crippen LogP contribution in [0.15, 0.2) is 28.7 Å². The molecule has 1 fully saturated rings. The lowest BCUT2D eigenvalue weighted by Gasteiger charge is -2.32. The van der Waals surface area contributed by atoms with E-state index in [2.05, 4.69) is 64.4 Å². The summed E-state index contributed by atoms with van der Waals surface area (Å²) in [5.74, 6) is 0. The Morgan fingerprint density at radius 1 is 1.33 bits per heavy atom. The van der Waals surface area contributed by atoms with Gasteiger partial charge < -0.3 is 15.0 Å². The largest absolute Gasteiger partial charge is 0.381 e. The Morgan fingerprint density at radius 2 is 2.05 bits per heavy atom. The van der Waals surface area contributed by atoms with Crippen LogP contribution in [0.5, 0.6) is 0 Å². The van der Waals surface area contributed by atoms with Gasteiger partial charge in [0.25, 0.3) is 0 Å². The quantitative estimate of drug-likeness (QED) is 0.809. The van der Waals surface area contributed by atoms with Gasteiger partial charge in [-0.05, 0) is 51.0 Å². The fourth-order valence-corrected chi connectivity index (χ4v) is 3.57. The summed E-state index contributed by atoms with van der Waals surface area (Å²) in [5, 5.41) is 3.62. The van der Waals surface area contributed by atoms with Crippen molar-refractivity contribution in [3.05, 3.63) is 34.3 Å². The van der Waals surface area contributed by atoms with E-state index in [1.807, 2.05) is 0 Å². The van der Waals surface area contributed by atoms with Crippen LogP contribution < -0.4 is 5.32 Å². The van der Waals surface area contributed by atoms with E-state index in [4.69, 9.17) is 4.74 Å². The number of ether oxygens (including phenoxy) is 1. The SMILES string of the molecule is CCNC(CCN(C)C1CCOCC1)c1ccccc1Br. The van der Waals surface area contributed by atoms with Crippen LogP contribution in [0.25, 0.3) is 0 Å². The average Bonchev–Trinajstić information content (AvgIpc) is 2.53. The van der Waals surface area contributed by atoms with E-state index in [9.17, 15) is 0 Å². The molecule has 1 heterocycles. The van der Waals surface area contributed by atoms with Gasteiger partial charge in [-0.1, -0.05) is 41.1 Å². The van der Waals surface area contributed by atoms with Gasteiger partial charge in [-0.25, -0.2) is 0 Å². The summed E-state index contributed by atoms with van der Waals surface area (Å²) in [6, 6.07) is 9.62. The highest BCUT2D eigenvalue weighted by atomic mass is 79.9. The minimum atomic E-state index is 0.410. The Balaban J connectivity index is 1.92. The standard InChI is InChI=1S/C17H27BrN2O/c1-3-19-17(15-6-4-5-7-16(15)18)8-11-20(2)14-9-12-21-13-10-14/h4-7,14,17,19H,3,8-13H2,1-2H3. The maximum Gasteiger partial charge on any atom is 0.0480 e. The fraction of sp³-hybridized carbons (Fsp3) is 0.647. The normalized spacial score (nSPS) is 18.1. The minimum Gasteiger partial charge on any atom is -0.381 e. The predicted molar refractivity (Wildman–Crippen MR) is 91.6 cm³/mol. The molecule has 1 aromatic rings. The van der Waals surface area contributed by atoms with Crippen molar-refractivity contribution in [1.82, 2.24) is 10.2 Å². The molecule has 1 atom stereocenters. The molecular formula is C17H27BrN2O. The van der Waals surface area contributed by atoms with Crippen LogP contribution in [-0.2, 0) is 4.74 Å². The van der Waals surface area contributed by atoms with E-state index in [1.165, 1.54) is 10.0 Å². The molecule has 1 aromatic carbocycles. The third-order valence-corrected chi connectivity index (χ3v) is 5.04. The van der Waals surface area contributed by atoms with Gasteiger partial charge in [0.05, 0.1) is 0 Å². The van der Waals surface area contributed by atoms with E-state index in [0.29, 0.717) is 12.1 Å². The molecular weight excluding hydrogens is 328 g/mol. The van der Waals surface area contributed by atoms with Crippen molar-refractivity contribution < 1.29 is 4.74 Å². The maximum atomic E-state index is 5.45. The highest BCUT2D eigenvalue weighted by Crippen LogP contribution is 2.26. The number of nitrogens with zero attached hydrogens (tertiary/aromatic N) is 1. The van der Waals surface area contributed by atoms with E-state index < -0.39 is 0 Å². The van der Waals surface area contributed by atoms with E-state index in [1.54, 1.807) is 0 Å². The van der Waals surface area contributed by atoms with Gasteiger partial charge in [0.2, 0.25) is 0 Å². The Hall–Kier alpha value is -0.420. The Labute approximate surface area is 137 Å². The Bertz CT molecular complexity index is 421. The number of hydrogen-bond donors (Lipinski definition) is 1. The first-order valence-electron chi connectivity index (χ1n) is 7.98. The van der Waals surface area contributed by atoms with Crippen molar-refractivity contribution >= 4 is 15.9 Å². The summed E-state index contributed by atoms with van der Waals surface area (Å²) in [5.41, 5.74) is 1.36. The molecule has 0 bridgehead atoms. The van der Waals surface area contributed by atoms with Gasteiger partial charge >= 0.3 is 0 Å². The van der Waals surface area contributed by atoms with Crippen molar-refractivity contribution in [2.75, 3.05) is 33.4 Å². The monoisotopic (exact) mass is 354 g/mol. The molecule has 0 aliphatic carbocycles. The van der Waals surface area contributed by atoms with Crippen LogP contribution in [-0.4, -0.2) is 44.3 Å². The van der Waals surface area contributed by atoms with Gasteiger partial charge in [-0.3, -0.25) is 0 Å². The van der Waals surface area contributed by atoms with Crippen molar-refractivity contribution in [2.24, 2.45) is 0 Å². The first-order chi connectivity index (χ1) is 10.2. The highest BCUT2D eigenvalue weighted by Gasteiger charge is 2.20. The smallest absolute Gasteiger partial charge is 0.0480 e. The first-order valence-corrected chi connectivity index (χ1v) is 8.77. The van der Waals surface area contributed by atoms with Gasteiger partial charge in [0.15, 0.2) is 0 Å². The van der Waals surface area contributed by atoms with Crippen LogP contribution in [0.3, 0.4) is 0 Å². The van der Waals surface area contributed by atoms with Crippen molar-refractivity contribution in [2.45, 2.75) is 38.3 Å². The zero-order valence-corrected chi connectivity index (χ0v) is 14.7. The number of hydrogen-bond acceptors (Lipinski definition) is 3. The van der Waals surface area contributed by atoms with Crippen LogP contribution in [0.4, 0.5) is 0 Å². The third kappa shape index (κ3) is 5.06. The zero-order chi connectivity index (χ0) is 15.1. The minimum absolute atomic E-state index is 0.410. The van der Waals surface area contributed by atoms with E-state index in [-0.39, 0.29) is 0 Å². The summed E-state index contributed by atoms with van der Waals surface area (Å²) >= 11 is 3.68. The second kappa shape index (κ2) is 8.89. The van der Waals surface area contributed by atoms with Gasteiger partial charge in [0, 0.05) is 29.8 Å². The maximum absolute atomic E-state index is 5.45. The lowest BCUT2D eigenvalue weighted by atomic mass is 10.0. The molecule has 1 unspecified atom stereocenters. The van der Waals surface area contributed by atoms with Crippen molar-refractivity contribution in [1.29, 1.82) is 0 Å². The fourth-order valence-electron chi connectivity index (χ4n) is 3.01. The number of rotatable bonds is 7. The molecule has 0 aromatic heterocycles. The second-order valence-corrected chi connectivity index (χ2v) is 6.60. The molecule has 21 heavy (non-hydrogen) atoms. The van der Waals surface area contributed by atoms with Crippen molar-refractivity contribution in [3.63, 3.8) is 0 Å². The third-order valence-electron chi connectivity index (χ3n) is 4.32. The number of nitrogens with one attached hydrogen (secondary N) is 1. The van der Waals surface area contributed by atoms with Crippen LogP contribution in [0.1, 0.15) is 37.8 Å². The summed E-state index contributed by atoms with van der Waals surface area (Å²) < 4.78 is 6.65. The van der Waals surface area contributed by atoms with Crippen LogP contribution >= 0.6 is 15.9 Å². The van der Waals surface area contributed by atoms with E-state index in [0.717, 1.165) is 45.6 Å². The van der Waals surface area contributed by atoms with E-state index >= 15 is 0 Å². The molecule has 1 saturated heterocycles. The molecule has 0 saturated carbocycles. The first kappa shape index (κ1) is 16.9. The summed E-state index contributed by atoms with van der Waals surface area (Å²) in [7, 11) is 2.25. The molecule has 1 aliphatic rings. The summed E-state index contributed by atoms with van der Waals surface area (Å²) in [4.78, 5) is 2.50. The average molecular weight is 355 g/mol. The molecule has 1 aliphatic heterocycles. The molecule has 3 nitrogen and oxygen atoms in total. The van der Waals surface area contributed by atoms with Crippen LogP contribution in [0, 0.1) is 0 Å². The lowest BCUT2D eigenvalue weighted by molar-refractivity contribution is 0.0419. The van der Waals surface area contributed by atoms with Gasteiger partial charge in [-0.15, -0.1) is 0 Å². The highest BCUT2D eigenvalue weighted by molar-refractivity contribution is 9.10. The van der Waals surface area contributed by atoms with Gasteiger partial charge in [-0.2, -0.15) is 0 Å². The molecule has 0 amide bonds. The number of halogens is 1. The van der Waals surface area contributed by atoms with Crippen molar-refractivity contribution in [3.8, 4) is 0 Å². The predicted octanol–water partition coefficient (Wildman–Crippen LogP) is 3.60. The topological polar surface area (TPSA) is 24.5 Å². The Kier molecular flexibility index (Phi) is 7.17. The van der Waals surface area contributed by atoms with Crippen LogP contribution in [0.2, 0.25) is 0 Å². The zero-order valence-electron chi connectivity index (χ0n) is 13.1. The molecule has 4 heteroatoms. The van der Waals surface area contributed by atoms with Gasteiger partial charge in [0.1, 0.15) is 0 Å². The molecule has 0 spiro atoms. The molecule has 0 radical (unpaired) electrons. The lowest BCUT2D eigenvalue weighted by Crippen LogP contribution is -2.38.